The molecule has 14 nitrogen and oxygen atoms in total. The number of nitrogens with zero attached hydrogens (tertiary/aromatic N) is 4. The number of nitrogens with two attached hydrogens (primary N) is 1. The number of rotatable bonds is 6. The fourth-order valence-corrected chi connectivity index (χ4v) is 3.50. The van der Waals surface area contributed by atoms with Gasteiger partial charge in [0.2, 0.25) is 0 Å². The van der Waals surface area contributed by atoms with Crippen molar-refractivity contribution in [2.75, 3.05) is 12.3 Å². The third-order valence-corrected chi connectivity index (χ3v) is 5.20. The Hall–Kier alpha value is 1.59. The topological polar surface area (TPSA) is 218 Å². The molecule has 30 heavy (non-hydrogen) atoms. The fraction of sp³-hybridized carbons (Fsp3) is 0.500. The number of fused-ring (bicyclic) bond motifs is 1. The van der Waals surface area contributed by atoms with Crippen LogP contribution in [0.3, 0.4) is 0 Å². The van der Waals surface area contributed by atoms with E-state index in [1.165, 1.54) is 17.2 Å². The van der Waals surface area contributed by atoms with Gasteiger partial charge in [-0.2, -0.15) is 0 Å². The van der Waals surface area contributed by atoms with Crippen molar-refractivity contribution >= 4 is 39.8 Å². The molecule has 20 heteroatoms. The van der Waals surface area contributed by atoms with Crippen molar-refractivity contribution in [1.29, 1.82) is 0 Å². The molecule has 1 unspecified atom stereocenters. The molecule has 0 amide bonds. The summed E-state index contributed by atoms with van der Waals surface area (Å²) in [5.41, 5.74) is 6.21. The van der Waals surface area contributed by atoms with Crippen LogP contribution >= 0.6 is 15.3 Å². The van der Waals surface area contributed by atoms with Crippen LogP contribution in [0.4, 0.5) is 5.82 Å². The summed E-state index contributed by atoms with van der Waals surface area (Å²) in [6.45, 7) is -0.556. The zero-order valence-electron chi connectivity index (χ0n) is 15.7. The van der Waals surface area contributed by atoms with Gasteiger partial charge in [0, 0.05) is 0 Å². The fourth-order valence-electron chi connectivity index (χ4n) is 2.39. The number of ether oxygens (including phenoxy) is 1. The number of imidazole rings is 1. The number of nitrogen functional groups attached to an aromatic ring is 1. The first-order valence-electron chi connectivity index (χ1n) is 6.94. The number of anilines is 1. The SMILES string of the molecule is [BH3-]P(=O)(OC[C@H]1O[C@@H](n2cnc3c(N)ncnc32)[C@H](O)[C@@H]1O)OP(=O)([O-])[O-].[Na+].[Na+].[Na+]. The van der Waals surface area contributed by atoms with Gasteiger partial charge < -0.3 is 48.4 Å². The zero-order valence-corrected chi connectivity index (χ0v) is 23.5. The van der Waals surface area contributed by atoms with Gasteiger partial charge in [-0.3, -0.25) is 4.57 Å². The zero-order chi connectivity index (χ0) is 20.0. The molecular formula is C10H15BN5Na3O9P2. The second-order valence-electron chi connectivity index (χ2n) is 5.18. The van der Waals surface area contributed by atoms with Gasteiger partial charge in [0.1, 0.15) is 30.2 Å². The van der Waals surface area contributed by atoms with Crippen molar-refractivity contribution in [3.8, 4) is 0 Å². The van der Waals surface area contributed by atoms with Crippen molar-refractivity contribution < 1.29 is 131 Å². The Morgan fingerprint density at radius 2 is 1.83 bits per heavy atom. The summed E-state index contributed by atoms with van der Waals surface area (Å²) in [5, 5.41) is 20.4. The maximum atomic E-state index is 11.9. The maximum Gasteiger partial charge on any atom is 1.00 e. The monoisotopic (exact) mass is 491 g/mol. The molecule has 150 valence electrons. The Labute approximate surface area is 237 Å². The maximum absolute atomic E-state index is 11.9. The molecule has 1 aliphatic heterocycles. The number of aliphatic hydroxyl groups is 2. The molecule has 4 N–H and O–H groups in total. The van der Waals surface area contributed by atoms with E-state index in [0.29, 0.717) is 0 Å². The molecule has 1 aliphatic rings. The Morgan fingerprint density at radius 1 is 1.20 bits per heavy atom. The third kappa shape index (κ3) is 7.56. The number of hydrogen-bond acceptors (Lipinski definition) is 13. The van der Waals surface area contributed by atoms with Crippen molar-refractivity contribution in [3.63, 3.8) is 0 Å². The van der Waals surface area contributed by atoms with Gasteiger partial charge in [-0.1, -0.05) is 0 Å². The minimum atomic E-state index is -5.48. The summed E-state index contributed by atoms with van der Waals surface area (Å²) in [5.74, 6) is 0.115. The van der Waals surface area contributed by atoms with Gasteiger partial charge in [0.15, 0.2) is 25.2 Å². The second-order valence-corrected chi connectivity index (χ2v) is 7.43. The smallest absolute Gasteiger partial charge is 0.790 e. The summed E-state index contributed by atoms with van der Waals surface area (Å²) in [7, 11) is -10.8. The number of phosphoric acid groups is 1. The number of hydrogen-bond donors (Lipinski definition) is 3. The largest absolute Gasteiger partial charge is 1.00 e. The first-order valence-corrected chi connectivity index (χ1v) is 9.49. The minimum absolute atomic E-state index is 0. The Morgan fingerprint density at radius 3 is 2.43 bits per heavy atom. The van der Waals surface area contributed by atoms with Crippen LogP contribution in [0.1, 0.15) is 6.23 Å². The molecule has 1 saturated heterocycles. The van der Waals surface area contributed by atoms with E-state index in [-0.39, 0.29) is 106 Å². The number of aliphatic hydroxyl groups excluding tert-OH is 2. The van der Waals surface area contributed by atoms with E-state index in [9.17, 15) is 29.1 Å². The van der Waals surface area contributed by atoms with E-state index >= 15 is 0 Å². The summed E-state index contributed by atoms with van der Waals surface area (Å²) in [6.07, 6.45) is -2.70. The van der Waals surface area contributed by atoms with Gasteiger partial charge in [0.25, 0.3) is 0 Å². The molecule has 3 rings (SSSR count). The van der Waals surface area contributed by atoms with Crippen molar-refractivity contribution in [2.45, 2.75) is 24.5 Å². The van der Waals surface area contributed by atoms with Crippen molar-refractivity contribution in [3.05, 3.63) is 12.7 Å². The van der Waals surface area contributed by atoms with Gasteiger partial charge >= 0.3 is 88.7 Å². The molecule has 5 atom stereocenters. The van der Waals surface area contributed by atoms with Crippen molar-refractivity contribution in [1.82, 2.24) is 19.5 Å². The summed E-state index contributed by atoms with van der Waals surface area (Å²) < 4.78 is 38.2. The molecule has 3 heterocycles. The average Bonchev–Trinajstić information content (AvgIpc) is 3.07. The third-order valence-electron chi connectivity index (χ3n) is 3.51. The molecule has 0 saturated carbocycles. The first-order chi connectivity index (χ1) is 12.5. The van der Waals surface area contributed by atoms with Gasteiger partial charge in [-0.25, -0.2) is 15.0 Å². The molecule has 0 aromatic carbocycles. The van der Waals surface area contributed by atoms with E-state index < -0.39 is 54.0 Å². The van der Waals surface area contributed by atoms with E-state index in [2.05, 4.69) is 19.3 Å². The predicted molar refractivity (Wildman–Crippen MR) is 87.8 cm³/mol. The second kappa shape index (κ2) is 12.3. The van der Waals surface area contributed by atoms with Crippen LogP contribution in [0.2, 0.25) is 0 Å². The van der Waals surface area contributed by atoms with Crippen molar-refractivity contribution in [2.24, 2.45) is 0 Å². The van der Waals surface area contributed by atoms with Crippen LogP contribution < -0.4 is 104 Å². The predicted octanol–water partition coefficient (Wildman–Crippen LogP) is -12.6. The van der Waals surface area contributed by atoms with E-state index in [1.54, 1.807) is 0 Å². The molecule has 0 bridgehead atoms. The molecule has 0 spiro atoms. The Kier molecular flexibility index (Phi) is 13.0. The van der Waals surface area contributed by atoms with Crippen LogP contribution in [0.15, 0.2) is 12.7 Å². The molecule has 2 aromatic heterocycles. The van der Waals surface area contributed by atoms with Crippen LogP contribution in [-0.4, -0.2) is 62.2 Å². The minimum Gasteiger partial charge on any atom is -0.790 e. The summed E-state index contributed by atoms with van der Waals surface area (Å²) in [6, 6.07) is 0. The van der Waals surface area contributed by atoms with Crippen LogP contribution in [-0.2, 0) is 22.7 Å². The van der Waals surface area contributed by atoms with Crippen LogP contribution in [0.5, 0.6) is 0 Å². The molecule has 0 radical (unpaired) electrons. The quantitative estimate of drug-likeness (QED) is 0.253. The average molecular weight is 491 g/mol. The van der Waals surface area contributed by atoms with E-state index in [1.807, 2.05) is 0 Å². The molecular weight excluding hydrogens is 476 g/mol. The summed E-state index contributed by atoms with van der Waals surface area (Å²) >= 11 is 0. The van der Waals surface area contributed by atoms with Gasteiger partial charge in [0.05, 0.1) is 28.3 Å². The van der Waals surface area contributed by atoms with Crippen LogP contribution in [0, 0.1) is 0 Å². The normalized spacial score (nSPS) is 25.6. The Balaban J connectivity index is 0.00000280. The van der Waals surface area contributed by atoms with E-state index in [4.69, 9.17) is 15.0 Å². The Bertz CT molecular complexity index is 951. The standard InChI is InChI=1S/C10H17BN5O9P2.3Na/c11-26(19,25-27(20,21)22)23-1-4-6(17)7(18)10(24-4)16-3-15-5-8(12)13-2-14-9(5)16;;;/h2-4,6-7,10,17-18H,1H2,11H3,(H2,12,13,14)(H2,20,21,22);;;/q-1;3*+1/p-2/t4-,6-,7-,10-,26?;;;/m1.../s1. The van der Waals surface area contributed by atoms with E-state index in [0.717, 1.165) is 0 Å². The molecule has 2 aromatic rings. The first kappa shape index (κ1) is 31.6. The number of aromatic nitrogens is 4. The van der Waals surface area contributed by atoms with Crippen LogP contribution in [0.25, 0.3) is 11.2 Å². The van der Waals surface area contributed by atoms with Gasteiger partial charge in [-0.15, -0.1) is 0 Å². The van der Waals surface area contributed by atoms with Gasteiger partial charge in [-0.05, 0) is 0 Å². The molecule has 1 fully saturated rings. The summed E-state index contributed by atoms with van der Waals surface area (Å²) in [4.78, 5) is 33.0. The molecule has 0 aliphatic carbocycles.